The maximum atomic E-state index is 12.9. The van der Waals surface area contributed by atoms with Crippen LogP contribution in [0.15, 0.2) is 53.1 Å². The predicted molar refractivity (Wildman–Crippen MR) is 113 cm³/mol. The highest BCUT2D eigenvalue weighted by Crippen LogP contribution is 2.31. The van der Waals surface area contributed by atoms with E-state index in [0.29, 0.717) is 18.3 Å². The van der Waals surface area contributed by atoms with Gasteiger partial charge in [-0.25, -0.2) is 4.79 Å². The van der Waals surface area contributed by atoms with Crippen molar-refractivity contribution in [2.45, 2.75) is 45.6 Å². The van der Waals surface area contributed by atoms with Crippen molar-refractivity contribution in [1.82, 2.24) is 15.0 Å². The number of likely N-dealkylation sites (tertiary alicyclic amines) is 1. The molecular formula is C23H26N4O2. The number of nitrogens with zero attached hydrogens (tertiary/aromatic N) is 3. The third-order valence-electron chi connectivity index (χ3n) is 5.41. The normalized spacial score (nSPS) is 16.6. The minimum atomic E-state index is -0.203. The second-order valence-electron chi connectivity index (χ2n) is 7.51. The molecule has 1 aromatic heterocycles. The molecule has 1 saturated heterocycles. The number of amides is 2. The lowest BCUT2D eigenvalue weighted by Crippen LogP contribution is -2.41. The van der Waals surface area contributed by atoms with Gasteiger partial charge in [0.1, 0.15) is 6.04 Å². The molecule has 6 nitrogen and oxygen atoms in total. The molecule has 2 aromatic carbocycles. The van der Waals surface area contributed by atoms with Gasteiger partial charge in [0.25, 0.3) is 0 Å². The van der Waals surface area contributed by atoms with E-state index in [9.17, 15) is 4.79 Å². The lowest BCUT2D eigenvalue weighted by atomic mass is 10.0. The van der Waals surface area contributed by atoms with Crippen LogP contribution in [-0.4, -0.2) is 27.6 Å². The van der Waals surface area contributed by atoms with Gasteiger partial charge in [0.15, 0.2) is 0 Å². The van der Waals surface area contributed by atoms with Crippen molar-refractivity contribution in [2.24, 2.45) is 0 Å². The summed E-state index contributed by atoms with van der Waals surface area (Å²) in [6, 6.07) is 15.6. The van der Waals surface area contributed by atoms with Gasteiger partial charge >= 0.3 is 6.03 Å². The Bertz CT molecular complexity index is 963. The van der Waals surface area contributed by atoms with Crippen molar-refractivity contribution in [3.63, 3.8) is 0 Å². The average Bonchev–Trinajstić information content (AvgIpc) is 3.25. The Morgan fingerprint density at radius 1 is 1.14 bits per heavy atom. The highest BCUT2D eigenvalue weighted by atomic mass is 16.5. The molecule has 0 unspecified atom stereocenters. The van der Waals surface area contributed by atoms with Crippen molar-refractivity contribution in [3.05, 3.63) is 65.5 Å². The van der Waals surface area contributed by atoms with Crippen molar-refractivity contribution in [3.8, 4) is 11.4 Å². The summed E-state index contributed by atoms with van der Waals surface area (Å²) in [6.07, 6.45) is 3.79. The second-order valence-corrected chi connectivity index (χ2v) is 7.51. The number of nitrogens with one attached hydrogen (secondary N) is 1. The molecule has 150 valence electrons. The number of hydrogen-bond acceptors (Lipinski definition) is 4. The number of aromatic nitrogens is 2. The molecular weight excluding hydrogens is 364 g/mol. The summed E-state index contributed by atoms with van der Waals surface area (Å²) in [7, 11) is 0. The molecule has 1 fully saturated rings. The first-order valence-corrected chi connectivity index (χ1v) is 10.2. The molecule has 0 saturated carbocycles. The molecule has 1 aliphatic heterocycles. The van der Waals surface area contributed by atoms with Crippen LogP contribution in [0.1, 0.15) is 49.2 Å². The van der Waals surface area contributed by atoms with Crippen LogP contribution in [0, 0.1) is 6.92 Å². The molecule has 3 aromatic rings. The maximum absolute atomic E-state index is 12.9. The second kappa shape index (κ2) is 8.47. The molecule has 2 heterocycles. The van der Waals surface area contributed by atoms with Gasteiger partial charge < -0.3 is 14.7 Å². The van der Waals surface area contributed by atoms with E-state index in [-0.39, 0.29) is 12.1 Å². The van der Waals surface area contributed by atoms with E-state index < -0.39 is 0 Å². The average molecular weight is 390 g/mol. The van der Waals surface area contributed by atoms with Crippen molar-refractivity contribution in [2.75, 3.05) is 11.9 Å². The minimum Gasteiger partial charge on any atom is -0.337 e. The van der Waals surface area contributed by atoms with Gasteiger partial charge in [0.05, 0.1) is 0 Å². The van der Waals surface area contributed by atoms with E-state index in [0.717, 1.165) is 36.9 Å². The van der Waals surface area contributed by atoms with Crippen LogP contribution < -0.4 is 5.32 Å². The predicted octanol–water partition coefficient (Wildman–Crippen LogP) is 5.37. The van der Waals surface area contributed by atoms with Crippen molar-refractivity contribution >= 4 is 11.7 Å². The first-order chi connectivity index (χ1) is 14.1. The molecule has 0 aliphatic carbocycles. The summed E-state index contributed by atoms with van der Waals surface area (Å²) >= 11 is 0. The fourth-order valence-corrected chi connectivity index (χ4v) is 3.64. The molecule has 0 radical (unpaired) electrons. The molecule has 4 rings (SSSR count). The zero-order valence-electron chi connectivity index (χ0n) is 16.9. The van der Waals surface area contributed by atoms with Gasteiger partial charge in [-0.3, -0.25) is 0 Å². The van der Waals surface area contributed by atoms with E-state index in [4.69, 9.17) is 4.52 Å². The van der Waals surface area contributed by atoms with Crippen molar-refractivity contribution < 1.29 is 9.32 Å². The fraction of sp³-hybridized carbons (Fsp3) is 0.348. The maximum Gasteiger partial charge on any atom is 0.322 e. The molecule has 0 bridgehead atoms. The van der Waals surface area contributed by atoms with Crippen LogP contribution in [-0.2, 0) is 6.42 Å². The molecule has 1 aliphatic rings. The van der Waals surface area contributed by atoms with Gasteiger partial charge in [-0.1, -0.05) is 54.0 Å². The number of urea groups is 1. The van der Waals surface area contributed by atoms with Crippen LogP contribution in [0.25, 0.3) is 11.4 Å². The number of rotatable bonds is 4. The molecule has 2 amide bonds. The zero-order valence-corrected chi connectivity index (χ0v) is 16.9. The van der Waals surface area contributed by atoms with E-state index in [1.54, 1.807) is 0 Å². The Morgan fingerprint density at radius 3 is 2.62 bits per heavy atom. The standard InChI is InChI=1S/C23H26N4O2/c1-3-17-9-13-19(14-10-17)24-23(28)27-15-5-4-6-20(27)22-25-21(26-29-22)18-11-7-16(2)8-12-18/h7-14,20H,3-6,15H2,1-2H3,(H,24,28)/t20-/m0/s1. The lowest BCUT2D eigenvalue weighted by molar-refractivity contribution is 0.142. The van der Waals surface area contributed by atoms with Gasteiger partial charge in [0, 0.05) is 17.8 Å². The lowest BCUT2D eigenvalue weighted by Gasteiger charge is -2.33. The number of anilines is 1. The smallest absolute Gasteiger partial charge is 0.322 e. The van der Waals surface area contributed by atoms with Crippen LogP contribution in [0.2, 0.25) is 0 Å². The van der Waals surface area contributed by atoms with Crippen LogP contribution in [0.3, 0.4) is 0 Å². The van der Waals surface area contributed by atoms with E-state index in [1.807, 2.05) is 60.4 Å². The fourth-order valence-electron chi connectivity index (χ4n) is 3.64. The first kappa shape index (κ1) is 19.2. The first-order valence-electron chi connectivity index (χ1n) is 10.2. The summed E-state index contributed by atoms with van der Waals surface area (Å²) in [4.78, 5) is 19.4. The highest BCUT2D eigenvalue weighted by molar-refractivity contribution is 5.89. The summed E-state index contributed by atoms with van der Waals surface area (Å²) in [5, 5.41) is 7.15. The quantitative estimate of drug-likeness (QED) is 0.650. The number of benzene rings is 2. The Morgan fingerprint density at radius 2 is 1.90 bits per heavy atom. The van der Waals surface area contributed by atoms with Gasteiger partial charge in [0.2, 0.25) is 11.7 Å². The molecule has 29 heavy (non-hydrogen) atoms. The summed E-state index contributed by atoms with van der Waals surface area (Å²) in [6.45, 7) is 4.83. The molecule has 0 spiro atoms. The molecule has 6 heteroatoms. The van der Waals surface area contributed by atoms with Crippen LogP contribution in [0.4, 0.5) is 10.5 Å². The summed E-state index contributed by atoms with van der Waals surface area (Å²) in [5.74, 6) is 1.05. The minimum absolute atomic E-state index is 0.131. The number of hydrogen-bond donors (Lipinski definition) is 1. The van der Waals surface area contributed by atoms with E-state index in [1.165, 1.54) is 11.1 Å². The number of piperidine rings is 1. The van der Waals surface area contributed by atoms with Crippen molar-refractivity contribution in [1.29, 1.82) is 0 Å². The number of aryl methyl sites for hydroxylation is 2. The Hall–Kier alpha value is -3.15. The summed E-state index contributed by atoms with van der Waals surface area (Å²) < 4.78 is 5.57. The van der Waals surface area contributed by atoms with E-state index >= 15 is 0 Å². The SMILES string of the molecule is CCc1ccc(NC(=O)N2CCCC[C@H]2c2nc(-c3ccc(C)cc3)no2)cc1. The topological polar surface area (TPSA) is 71.3 Å². The van der Waals surface area contributed by atoms with Gasteiger partial charge in [-0.05, 0) is 50.3 Å². The van der Waals surface area contributed by atoms with E-state index in [2.05, 4.69) is 22.4 Å². The third kappa shape index (κ3) is 4.31. The summed E-state index contributed by atoms with van der Waals surface area (Å²) in [5.41, 5.74) is 4.13. The van der Waals surface area contributed by atoms with Crippen LogP contribution in [0.5, 0.6) is 0 Å². The number of carbonyl (C=O) groups is 1. The Labute approximate surface area is 170 Å². The molecule has 1 atom stereocenters. The third-order valence-corrected chi connectivity index (χ3v) is 5.41. The molecule has 1 N–H and O–H groups in total. The largest absolute Gasteiger partial charge is 0.337 e. The van der Waals surface area contributed by atoms with Crippen LogP contribution >= 0.6 is 0 Å². The van der Waals surface area contributed by atoms with Gasteiger partial charge in [-0.15, -0.1) is 0 Å². The highest BCUT2D eigenvalue weighted by Gasteiger charge is 2.32. The Kier molecular flexibility index (Phi) is 5.60. The van der Waals surface area contributed by atoms with Gasteiger partial charge in [-0.2, -0.15) is 4.98 Å². The number of carbonyl (C=O) groups excluding carboxylic acids is 1. The monoisotopic (exact) mass is 390 g/mol. The Balaban J connectivity index is 1.51. The zero-order chi connectivity index (χ0) is 20.2.